The Morgan fingerprint density at radius 1 is 1.78 bits per heavy atom. The van der Waals surface area contributed by atoms with Crippen LogP contribution in [-0.4, -0.2) is 0 Å². The topological polar surface area (TPSA) is 0 Å². The van der Waals surface area contributed by atoms with Gasteiger partial charge in [-0.15, -0.1) is 6.58 Å². The van der Waals surface area contributed by atoms with Gasteiger partial charge in [0.1, 0.15) is 0 Å². The van der Waals surface area contributed by atoms with Crippen LogP contribution < -0.4 is 0 Å². The molecular weight excluding hydrogens is 108 g/mol. The minimum absolute atomic E-state index is 0.713. The zero-order valence-corrected chi connectivity index (χ0v) is 6.22. The van der Waals surface area contributed by atoms with Crippen LogP contribution in [0, 0.1) is 11.8 Å². The minimum atomic E-state index is 0.713. The Morgan fingerprint density at radius 3 is 2.67 bits per heavy atom. The van der Waals surface area contributed by atoms with Crippen LogP contribution in [0.25, 0.3) is 0 Å². The van der Waals surface area contributed by atoms with Gasteiger partial charge in [-0.1, -0.05) is 24.6 Å². The normalized spacial score (nSPS) is 34.2. The number of hydrogen-bond donors (Lipinski definition) is 0. The highest BCUT2D eigenvalue weighted by molar-refractivity contribution is 5.13. The van der Waals surface area contributed by atoms with E-state index in [-0.39, 0.29) is 0 Å². The second-order valence-corrected chi connectivity index (χ2v) is 2.98. The van der Waals surface area contributed by atoms with Crippen molar-refractivity contribution in [2.75, 3.05) is 0 Å². The Labute approximate surface area is 57.3 Å². The lowest BCUT2D eigenvalue weighted by molar-refractivity contribution is 0.551. The first-order valence-corrected chi connectivity index (χ1v) is 3.54. The van der Waals surface area contributed by atoms with Gasteiger partial charge in [0, 0.05) is 0 Å². The van der Waals surface area contributed by atoms with Crippen LogP contribution in [0.4, 0.5) is 0 Å². The summed E-state index contributed by atoms with van der Waals surface area (Å²) in [7, 11) is 0. The molecule has 2 unspecified atom stereocenters. The van der Waals surface area contributed by atoms with Crippen LogP contribution in [0.2, 0.25) is 0 Å². The minimum Gasteiger partial charge on any atom is -0.103 e. The highest BCUT2D eigenvalue weighted by atomic mass is 14.2. The summed E-state index contributed by atoms with van der Waals surface area (Å²) in [5.41, 5.74) is 1.52. The Kier molecular flexibility index (Phi) is 1.75. The van der Waals surface area contributed by atoms with E-state index in [1.807, 2.05) is 0 Å². The lowest BCUT2D eigenvalue weighted by Gasteiger charge is -2.07. The van der Waals surface area contributed by atoms with E-state index >= 15 is 0 Å². The van der Waals surface area contributed by atoms with Crippen molar-refractivity contribution < 1.29 is 0 Å². The number of hydrogen-bond acceptors (Lipinski definition) is 0. The average molecular weight is 122 g/mol. The molecule has 1 aliphatic rings. The van der Waals surface area contributed by atoms with E-state index in [4.69, 9.17) is 0 Å². The van der Waals surface area contributed by atoms with E-state index in [1.165, 1.54) is 12.0 Å². The summed E-state index contributed by atoms with van der Waals surface area (Å²) in [5, 5.41) is 0. The number of rotatable bonds is 1. The maximum Gasteiger partial charge on any atom is -0.0139 e. The van der Waals surface area contributed by atoms with Gasteiger partial charge in [0.15, 0.2) is 0 Å². The standard InChI is InChI=1S/C9H14/c1-4-9-6-7(2)5-8(9)3/h4-5,8-9H,1,6H2,2-3H3. The zero-order valence-electron chi connectivity index (χ0n) is 6.22. The highest BCUT2D eigenvalue weighted by Gasteiger charge is 2.17. The summed E-state index contributed by atoms with van der Waals surface area (Å²) < 4.78 is 0. The lowest BCUT2D eigenvalue weighted by atomic mass is 9.98. The molecule has 0 N–H and O–H groups in total. The quantitative estimate of drug-likeness (QED) is 0.469. The molecule has 0 heterocycles. The third-order valence-electron chi connectivity index (χ3n) is 2.08. The van der Waals surface area contributed by atoms with Gasteiger partial charge in [0.2, 0.25) is 0 Å². The Hall–Kier alpha value is -0.520. The largest absolute Gasteiger partial charge is 0.103 e. The fourth-order valence-electron chi connectivity index (χ4n) is 1.50. The van der Waals surface area contributed by atoms with Crippen LogP contribution in [0.3, 0.4) is 0 Å². The molecule has 1 aliphatic carbocycles. The molecule has 0 nitrogen and oxygen atoms in total. The Bertz CT molecular complexity index is 142. The van der Waals surface area contributed by atoms with Gasteiger partial charge >= 0.3 is 0 Å². The van der Waals surface area contributed by atoms with E-state index in [2.05, 4.69) is 32.6 Å². The van der Waals surface area contributed by atoms with Crippen LogP contribution in [-0.2, 0) is 0 Å². The van der Waals surface area contributed by atoms with Crippen molar-refractivity contribution in [3.05, 3.63) is 24.3 Å². The van der Waals surface area contributed by atoms with Gasteiger partial charge in [-0.25, -0.2) is 0 Å². The second-order valence-electron chi connectivity index (χ2n) is 2.98. The first-order chi connectivity index (χ1) is 4.24. The van der Waals surface area contributed by atoms with E-state index in [1.54, 1.807) is 0 Å². The van der Waals surface area contributed by atoms with Crippen LogP contribution in [0.5, 0.6) is 0 Å². The van der Waals surface area contributed by atoms with E-state index in [0.717, 1.165) is 5.92 Å². The Morgan fingerprint density at radius 2 is 2.44 bits per heavy atom. The molecule has 0 fully saturated rings. The second kappa shape index (κ2) is 2.38. The first-order valence-electron chi connectivity index (χ1n) is 3.54. The molecule has 50 valence electrons. The predicted molar refractivity (Wildman–Crippen MR) is 41.2 cm³/mol. The summed E-state index contributed by atoms with van der Waals surface area (Å²) in [6, 6.07) is 0. The first kappa shape index (κ1) is 6.60. The molecule has 0 spiro atoms. The summed E-state index contributed by atoms with van der Waals surface area (Å²) in [6.07, 6.45) is 5.63. The molecule has 0 heteroatoms. The highest BCUT2D eigenvalue weighted by Crippen LogP contribution is 2.30. The van der Waals surface area contributed by atoms with Crippen LogP contribution in [0.15, 0.2) is 24.3 Å². The molecular formula is C9H14. The summed E-state index contributed by atoms with van der Waals surface area (Å²) in [4.78, 5) is 0. The molecule has 0 saturated carbocycles. The molecule has 1 rings (SSSR count). The molecule has 0 amide bonds. The monoisotopic (exact) mass is 122 g/mol. The molecule has 9 heavy (non-hydrogen) atoms. The smallest absolute Gasteiger partial charge is 0.0139 e. The van der Waals surface area contributed by atoms with Gasteiger partial charge in [-0.3, -0.25) is 0 Å². The fraction of sp³-hybridized carbons (Fsp3) is 0.556. The molecule has 0 aliphatic heterocycles. The van der Waals surface area contributed by atoms with Crippen molar-refractivity contribution in [3.63, 3.8) is 0 Å². The molecule has 0 aromatic rings. The van der Waals surface area contributed by atoms with Gasteiger partial charge in [0.05, 0.1) is 0 Å². The van der Waals surface area contributed by atoms with E-state index in [0.29, 0.717) is 5.92 Å². The molecule has 0 aromatic heterocycles. The molecule has 0 radical (unpaired) electrons. The summed E-state index contributed by atoms with van der Waals surface area (Å²) >= 11 is 0. The Balaban J connectivity index is 2.59. The van der Waals surface area contributed by atoms with Crippen molar-refractivity contribution in [2.24, 2.45) is 11.8 Å². The molecule has 0 aromatic carbocycles. The summed E-state index contributed by atoms with van der Waals surface area (Å²) in [5.74, 6) is 1.44. The third-order valence-corrected chi connectivity index (χ3v) is 2.08. The average Bonchev–Trinajstić information content (AvgIpc) is 2.10. The third kappa shape index (κ3) is 1.24. The van der Waals surface area contributed by atoms with E-state index < -0.39 is 0 Å². The molecule has 0 bridgehead atoms. The van der Waals surface area contributed by atoms with Crippen LogP contribution >= 0.6 is 0 Å². The van der Waals surface area contributed by atoms with E-state index in [9.17, 15) is 0 Å². The lowest BCUT2D eigenvalue weighted by Crippen LogP contribution is -1.98. The van der Waals surface area contributed by atoms with Crippen molar-refractivity contribution in [1.82, 2.24) is 0 Å². The van der Waals surface area contributed by atoms with Crippen molar-refractivity contribution in [1.29, 1.82) is 0 Å². The van der Waals surface area contributed by atoms with Gasteiger partial charge in [0.25, 0.3) is 0 Å². The maximum absolute atomic E-state index is 3.79. The maximum atomic E-state index is 3.79. The fourth-order valence-corrected chi connectivity index (χ4v) is 1.50. The van der Waals surface area contributed by atoms with Crippen LogP contribution in [0.1, 0.15) is 20.3 Å². The predicted octanol–water partition coefficient (Wildman–Crippen LogP) is 2.77. The number of allylic oxidation sites excluding steroid dienone is 3. The molecule has 2 atom stereocenters. The summed E-state index contributed by atoms with van der Waals surface area (Å²) in [6.45, 7) is 8.24. The van der Waals surface area contributed by atoms with Gasteiger partial charge < -0.3 is 0 Å². The molecule has 0 saturated heterocycles. The van der Waals surface area contributed by atoms with Crippen molar-refractivity contribution in [3.8, 4) is 0 Å². The van der Waals surface area contributed by atoms with Crippen molar-refractivity contribution in [2.45, 2.75) is 20.3 Å². The van der Waals surface area contributed by atoms with Gasteiger partial charge in [-0.05, 0) is 25.2 Å². The van der Waals surface area contributed by atoms with Gasteiger partial charge in [-0.2, -0.15) is 0 Å². The zero-order chi connectivity index (χ0) is 6.85. The SMILES string of the molecule is C=CC1CC(C)=CC1C. The van der Waals surface area contributed by atoms with Crippen molar-refractivity contribution >= 4 is 0 Å².